The first-order valence-corrected chi connectivity index (χ1v) is 14.1. The molecule has 1 saturated heterocycles. The van der Waals surface area contributed by atoms with Crippen molar-refractivity contribution in [2.24, 2.45) is 5.92 Å². The van der Waals surface area contributed by atoms with Gasteiger partial charge in [0, 0.05) is 29.7 Å². The summed E-state index contributed by atoms with van der Waals surface area (Å²) >= 11 is 5.84. The molecule has 0 spiro atoms. The zero-order valence-corrected chi connectivity index (χ0v) is 23.4. The van der Waals surface area contributed by atoms with Gasteiger partial charge in [0.25, 0.3) is 0 Å². The fourth-order valence-corrected chi connectivity index (χ4v) is 5.47. The lowest BCUT2D eigenvalue weighted by Gasteiger charge is -2.28. The first-order valence-electron chi connectivity index (χ1n) is 13.7. The molecule has 1 fully saturated rings. The van der Waals surface area contributed by atoms with Gasteiger partial charge in [-0.05, 0) is 61.4 Å². The molecular weight excluding hydrogens is 547 g/mol. The van der Waals surface area contributed by atoms with E-state index in [4.69, 9.17) is 30.8 Å². The molecule has 212 valence electrons. The van der Waals surface area contributed by atoms with Gasteiger partial charge in [-0.25, -0.2) is 24.1 Å². The Morgan fingerprint density at radius 1 is 1.20 bits per heavy atom. The van der Waals surface area contributed by atoms with Gasteiger partial charge in [-0.3, -0.25) is 0 Å². The van der Waals surface area contributed by atoms with Gasteiger partial charge in [-0.1, -0.05) is 29.8 Å². The van der Waals surface area contributed by atoms with Crippen molar-refractivity contribution >= 4 is 34.2 Å². The number of hydrogen-bond acceptors (Lipinski definition) is 7. The van der Waals surface area contributed by atoms with Gasteiger partial charge in [0.1, 0.15) is 23.8 Å². The van der Waals surface area contributed by atoms with Gasteiger partial charge in [0.2, 0.25) is 5.88 Å². The smallest absolute Gasteiger partial charge is 0.356 e. The quantitative estimate of drug-likeness (QED) is 0.219. The van der Waals surface area contributed by atoms with E-state index in [1.54, 1.807) is 30.5 Å². The second-order valence-electron chi connectivity index (χ2n) is 10.4. The highest BCUT2D eigenvalue weighted by molar-refractivity contribution is 6.30. The molecule has 10 heteroatoms. The van der Waals surface area contributed by atoms with Crippen molar-refractivity contribution in [3.63, 3.8) is 0 Å². The Bertz CT molecular complexity index is 1620. The highest BCUT2D eigenvalue weighted by atomic mass is 35.5. The number of esters is 1. The molecule has 3 aromatic heterocycles. The number of ether oxygens (including phenoxy) is 3. The number of fused-ring (bicyclic) bond motifs is 1. The molecule has 41 heavy (non-hydrogen) atoms. The zero-order chi connectivity index (χ0) is 28.3. The van der Waals surface area contributed by atoms with Crippen LogP contribution >= 0.6 is 11.6 Å². The molecule has 1 aliphatic heterocycles. The van der Waals surface area contributed by atoms with Crippen LogP contribution in [0.3, 0.4) is 0 Å². The Kier molecular flexibility index (Phi) is 7.98. The number of aromatic nitrogens is 4. The Balaban J connectivity index is 1.15. The number of halogens is 2. The summed E-state index contributed by atoms with van der Waals surface area (Å²) in [5.41, 5.74) is 4.37. The van der Waals surface area contributed by atoms with E-state index in [2.05, 4.69) is 20.6 Å². The molecule has 0 amide bonds. The average molecular weight is 577 g/mol. The predicted octanol–water partition coefficient (Wildman–Crippen LogP) is 6.20. The van der Waals surface area contributed by atoms with Gasteiger partial charge in [0.05, 0.1) is 37.2 Å². The highest BCUT2D eigenvalue weighted by Gasteiger charge is 2.25. The van der Waals surface area contributed by atoms with E-state index in [1.807, 2.05) is 12.1 Å². The van der Waals surface area contributed by atoms with Crippen LogP contribution in [0.2, 0.25) is 5.02 Å². The summed E-state index contributed by atoms with van der Waals surface area (Å²) in [6, 6.07) is 12.0. The van der Waals surface area contributed by atoms with E-state index in [0.29, 0.717) is 28.9 Å². The second kappa shape index (κ2) is 12.0. The Labute approximate surface area is 242 Å². The van der Waals surface area contributed by atoms with Crippen LogP contribution in [0.1, 0.15) is 53.3 Å². The van der Waals surface area contributed by atoms with Crippen molar-refractivity contribution < 1.29 is 23.4 Å². The van der Waals surface area contributed by atoms with Gasteiger partial charge < -0.3 is 18.8 Å². The predicted molar refractivity (Wildman–Crippen MR) is 152 cm³/mol. The summed E-state index contributed by atoms with van der Waals surface area (Å²) in [6.07, 6.45) is 8.62. The molecule has 4 heterocycles. The van der Waals surface area contributed by atoms with Gasteiger partial charge in [-0.15, -0.1) is 0 Å². The van der Waals surface area contributed by atoms with Crippen molar-refractivity contribution in [2.75, 3.05) is 13.7 Å². The molecule has 0 N–H and O–H groups in total. The Hall–Kier alpha value is -3.82. The first-order chi connectivity index (χ1) is 20.0. The van der Waals surface area contributed by atoms with E-state index in [0.717, 1.165) is 61.3 Å². The monoisotopic (exact) mass is 576 g/mol. The molecule has 1 aliphatic carbocycles. The molecule has 8 nitrogen and oxygen atoms in total. The molecule has 1 aromatic carbocycles. The van der Waals surface area contributed by atoms with Gasteiger partial charge in [-0.2, -0.15) is 0 Å². The lowest BCUT2D eigenvalue weighted by Crippen LogP contribution is -2.32. The number of allylic oxidation sites excluding steroid dienone is 2. The number of carbonyl (C=O) groups is 1. The number of pyridine rings is 2. The van der Waals surface area contributed by atoms with Crippen molar-refractivity contribution in [2.45, 2.75) is 51.4 Å². The molecule has 4 aromatic rings. The van der Waals surface area contributed by atoms with Gasteiger partial charge in [0.15, 0.2) is 5.69 Å². The number of rotatable bonds is 9. The number of carbonyl (C=O) groups excluding carboxylic acids is 1. The topological polar surface area (TPSA) is 88.4 Å². The Morgan fingerprint density at radius 2 is 2.07 bits per heavy atom. The lowest BCUT2D eigenvalue weighted by atomic mass is 9.86. The molecule has 2 atom stereocenters. The van der Waals surface area contributed by atoms with Crippen LogP contribution in [0, 0.1) is 11.7 Å². The van der Waals surface area contributed by atoms with E-state index in [1.165, 1.54) is 18.7 Å². The standard InChI is InChI=1S/C31H30ClFN4O4/c1-39-31(38)26-15-28-27(16-34-26)35-29(37(28)17-23-11-12-40-23)13-19-5-7-20(8-6-19)25-3-2-4-30(36-25)41-18-21-9-10-22(32)14-24(21)33/h2-4,7,9-10,14-16,19,23H,5-6,8,11-13,17-18H2,1H3. The highest BCUT2D eigenvalue weighted by Crippen LogP contribution is 2.33. The summed E-state index contributed by atoms with van der Waals surface area (Å²) in [6.45, 7) is 1.54. The van der Waals surface area contributed by atoms with Crippen LogP contribution in [0.15, 0.2) is 54.7 Å². The van der Waals surface area contributed by atoms with Crippen molar-refractivity contribution in [3.8, 4) is 5.88 Å². The summed E-state index contributed by atoms with van der Waals surface area (Å²) < 4.78 is 32.7. The van der Waals surface area contributed by atoms with Crippen molar-refractivity contribution in [3.05, 3.63) is 88.4 Å². The molecule has 2 aliphatic rings. The van der Waals surface area contributed by atoms with Crippen LogP contribution in [0.4, 0.5) is 4.39 Å². The third kappa shape index (κ3) is 6.11. The van der Waals surface area contributed by atoms with Crippen LogP contribution in [0.25, 0.3) is 16.6 Å². The first kappa shape index (κ1) is 27.4. The lowest BCUT2D eigenvalue weighted by molar-refractivity contribution is -0.0590. The van der Waals surface area contributed by atoms with Crippen LogP contribution < -0.4 is 4.74 Å². The van der Waals surface area contributed by atoms with E-state index in [9.17, 15) is 9.18 Å². The van der Waals surface area contributed by atoms with Crippen LogP contribution in [-0.4, -0.2) is 45.3 Å². The second-order valence-corrected chi connectivity index (χ2v) is 10.9. The normalized spacial score (nSPS) is 18.6. The SMILES string of the molecule is COC(=O)c1cc2c(cn1)nc(CC1CC=C(c3cccc(OCc4ccc(Cl)cc4F)n3)CC1)n2CC1CCO1. The minimum absolute atomic E-state index is 0.0735. The summed E-state index contributed by atoms with van der Waals surface area (Å²) in [5.74, 6) is 0.975. The maximum Gasteiger partial charge on any atom is 0.356 e. The molecule has 0 radical (unpaired) electrons. The summed E-state index contributed by atoms with van der Waals surface area (Å²) in [4.78, 5) is 25.9. The maximum absolute atomic E-state index is 14.1. The number of methoxy groups -OCH3 is 1. The van der Waals surface area contributed by atoms with Crippen LogP contribution in [-0.2, 0) is 29.0 Å². The molecule has 0 bridgehead atoms. The maximum atomic E-state index is 14.1. The number of imidazole rings is 1. The van der Waals surface area contributed by atoms with Crippen molar-refractivity contribution in [1.82, 2.24) is 19.5 Å². The van der Waals surface area contributed by atoms with E-state index in [-0.39, 0.29) is 18.4 Å². The van der Waals surface area contributed by atoms with Crippen LogP contribution in [0.5, 0.6) is 5.88 Å². The minimum Gasteiger partial charge on any atom is -0.473 e. The number of nitrogens with zero attached hydrogens (tertiary/aromatic N) is 4. The largest absolute Gasteiger partial charge is 0.473 e. The molecule has 2 unspecified atom stereocenters. The molecule has 6 rings (SSSR count). The third-order valence-corrected chi connectivity index (χ3v) is 7.96. The van der Waals surface area contributed by atoms with E-state index >= 15 is 0 Å². The fraction of sp³-hybridized carbons (Fsp3) is 0.355. The minimum atomic E-state index is -0.466. The average Bonchev–Trinajstić information content (AvgIpc) is 3.30. The molecule has 0 saturated carbocycles. The fourth-order valence-electron chi connectivity index (χ4n) is 5.32. The van der Waals surface area contributed by atoms with E-state index < -0.39 is 11.8 Å². The third-order valence-electron chi connectivity index (χ3n) is 7.72. The summed E-state index contributed by atoms with van der Waals surface area (Å²) in [5, 5.41) is 0.350. The van der Waals surface area contributed by atoms with Crippen molar-refractivity contribution in [1.29, 1.82) is 0 Å². The number of benzene rings is 1. The number of hydrogen-bond donors (Lipinski definition) is 0. The summed E-state index contributed by atoms with van der Waals surface area (Å²) in [7, 11) is 1.35. The Morgan fingerprint density at radius 3 is 2.80 bits per heavy atom. The van der Waals surface area contributed by atoms with Gasteiger partial charge >= 0.3 is 5.97 Å². The molecular formula is C31H30ClFN4O4. The zero-order valence-electron chi connectivity index (χ0n) is 22.7.